The minimum Gasteiger partial charge on any atom is -0.198 e. The van der Waals surface area contributed by atoms with Gasteiger partial charge in [0.05, 0.1) is 6.07 Å². The number of hydrogen-bond donors (Lipinski definition) is 0. The number of rotatable bonds is 2. The Morgan fingerprint density at radius 3 is 2.87 bits per heavy atom. The third-order valence-electron chi connectivity index (χ3n) is 2.93. The van der Waals surface area contributed by atoms with Gasteiger partial charge in [-0.3, -0.25) is 0 Å². The number of nitriles is 1. The molecule has 0 N–H and O–H groups in total. The van der Waals surface area contributed by atoms with Gasteiger partial charge in [0.1, 0.15) is 16.2 Å². The third kappa shape index (κ3) is 2.46. The van der Waals surface area contributed by atoms with Gasteiger partial charge in [-0.2, -0.15) is 5.26 Å². The molecule has 1 fully saturated rings. The molecule has 15 heavy (non-hydrogen) atoms. The average Bonchev–Trinajstić information content (AvgIpc) is 2.85. The molecule has 0 radical (unpaired) electrons. The number of halogens is 1. The Kier molecular flexibility index (Phi) is 3.52. The summed E-state index contributed by atoms with van der Waals surface area (Å²) in [5.74, 6) is 0.570. The van der Waals surface area contributed by atoms with E-state index in [4.69, 9.17) is 5.26 Å². The molecular weight excluding hydrogens is 301 g/mol. The van der Waals surface area contributed by atoms with Crippen molar-refractivity contribution in [3.05, 3.63) is 9.78 Å². The Morgan fingerprint density at radius 1 is 1.60 bits per heavy atom. The van der Waals surface area contributed by atoms with Crippen molar-refractivity contribution in [2.75, 3.05) is 0 Å². The Balaban J connectivity index is 2.27. The van der Waals surface area contributed by atoms with Gasteiger partial charge in [0.15, 0.2) is 0 Å². The van der Waals surface area contributed by atoms with Crippen molar-refractivity contribution in [1.82, 2.24) is 0 Å². The first-order chi connectivity index (χ1) is 7.31. The summed E-state index contributed by atoms with van der Waals surface area (Å²) in [5.41, 5.74) is 1.18. The number of hydrogen-bond acceptors (Lipinski definition) is 2. The first-order valence-electron chi connectivity index (χ1n) is 5.24. The molecule has 0 spiro atoms. The second-order valence-corrected chi connectivity index (χ2v) is 5.16. The van der Waals surface area contributed by atoms with E-state index in [0.717, 1.165) is 3.58 Å². The van der Waals surface area contributed by atoms with E-state index in [1.165, 1.54) is 31.4 Å². The van der Waals surface area contributed by atoms with Crippen molar-refractivity contribution < 1.29 is 4.68 Å². The van der Waals surface area contributed by atoms with E-state index in [1.54, 1.807) is 0 Å². The smallest absolute Gasteiger partial charge is 0.198 e. The van der Waals surface area contributed by atoms with Crippen LogP contribution in [0.3, 0.4) is 0 Å². The molecule has 1 saturated carbocycles. The molecule has 0 aromatic heterocycles. The van der Waals surface area contributed by atoms with E-state index in [1.807, 2.05) is 17.1 Å². The van der Waals surface area contributed by atoms with Gasteiger partial charge in [-0.1, -0.05) is 17.5 Å². The second-order valence-electron chi connectivity index (χ2n) is 3.91. The lowest BCUT2D eigenvalue weighted by atomic mass is 9.99. The predicted octanol–water partition coefficient (Wildman–Crippen LogP) is 2.82. The van der Waals surface area contributed by atoms with Crippen LogP contribution in [0, 0.1) is 17.2 Å². The summed E-state index contributed by atoms with van der Waals surface area (Å²) in [6.45, 7) is 0. The van der Waals surface area contributed by atoms with E-state index >= 15 is 0 Å². The summed E-state index contributed by atoms with van der Waals surface area (Å²) >= 11 is 2.25. The molecular formula is C11H13IN3+. The highest BCUT2D eigenvalue weighted by atomic mass is 127. The summed E-state index contributed by atoms with van der Waals surface area (Å²) in [5, 5.41) is 13.2. The van der Waals surface area contributed by atoms with Crippen molar-refractivity contribution in [3.63, 3.8) is 0 Å². The Bertz CT molecular complexity index is 381. The molecule has 1 heterocycles. The number of nitrogens with zero attached hydrogens (tertiary/aromatic N) is 3. The lowest BCUT2D eigenvalue weighted by Crippen LogP contribution is -2.19. The zero-order chi connectivity index (χ0) is 10.7. The summed E-state index contributed by atoms with van der Waals surface area (Å²) in [4.78, 5) is 0. The Morgan fingerprint density at radius 2 is 2.33 bits per heavy atom. The summed E-state index contributed by atoms with van der Waals surface area (Å²) in [6, 6.07) is 2.25. The Labute approximate surface area is 103 Å². The van der Waals surface area contributed by atoms with Crippen LogP contribution < -0.4 is 0 Å². The van der Waals surface area contributed by atoms with E-state index < -0.39 is 0 Å². The van der Waals surface area contributed by atoms with Crippen LogP contribution in [-0.2, 0) is 0 Å². The molecule has 1 aliphatic heterocycles. The molecule has 2 aliphatic rings. The van der Waals surface area contributed by atoms with Gasteiger partial charge >= 0.3 is 0 Å². The molecule has 1 aliphatic carbocycles. The van der Waals surface area contributed by atoms with Crippen molar-refractivity contribution in [1.29, 1.82) is 5.26 Å². The zero-order valence-corrected chi connectivity index (χ0v) is 10.6. The van der Waals surface area contributed by atoms with E-state index in [-0.39, 0.29) is 0 Å². The van der Waals surface area contributed by atoms with Gasteiger partial charge in [-0.25, -0.2) is 0 Å². The maximum absolute atomic E-state index is 8.85. The molecule has 0 amide bonds. The molecule has 0 unspecified atom stereocenters. The highest BCUT2D eigenvalue weighted by molar-refractivity contribution is 14.1. The maximum atomic E-state index is 8.85. The van der Waals surface area contributed by atoms with Crippen LogP contribution in [0.15, 0.2) is 14.9 Å². The standard InChI is InChI=1S/C11H13IN3/c12-10-7-14-15(8-10)11(5-6-13)9-3-1-2-4-9/h7-9H,1-5H2/q+1/b15-11-. The fraction of sp³-hybridized carbons (Fsp3) is 0.545. The maximum Gasteiger partial charge on any atom is 0.217 e. The van der Waals surface area contributed by atoms with Crippen molar-refractivity contribution in [2.24, 2.45) is 11.0 Å². The minimum absolute atomic E-state index is 0.502. The Hall–Kier alpha value is -0.700. The highest BCUT2D eigenvalue weighted by Crippen LogP contribution is 2.27. The number of allylic oxidation sites excluding steroid dienone is 1. The van der Waals surface area contributed by atoms with Gasteiger partial charge in [-0.05, 0) is 40.5 Å². The zero-order valence-electron chi connectivity index (χ0n) is 8.49. The van der Waals surface area contributed by atoms with E-state index in [2.05, 4.69) is 33.8 Å². The van der Waals surface area contributed by atoms with Crippen LogP contribution in [0.2, 0.25) is 0 Å². The van der Waals surface area contributed by atoms with Crippen molar-refractivity contribution in [2.45, 2.75) is 32.1 Å². The molecule has 2 rings (SSSR count). The monoisotopic (exact) mass is 314 g/mol. The molecule has 0 saturated heterocycles. The lowest BCUT2D eigenvalue weighted by Gasteiger charge is -2.04. The van der Waals surface area contributed by atoms with Gasteiger partial charge in [0.25, 0.3) is 0 Å². The van der Waals surface area contributed by atoms with Crippen LogP contribution in [0.4, 0.5) is 0 Å². The summed E-state index contributed by atoms with van der Waals surface area (Å²) in [7, 11) is 0. The minimum atomic E-state index is 0.502. The van der Waals surface area contributed by atoms with Gasteiger partial charge in [0, 0.05) is 5.92 Å². The van der Waals surface area contributed by atoms with E-state index in [0.29, 0.717) is 12.3 Å². The van der Waals surface area contributed by atoms with Gasteiger partial charge in [0.2, 0.25) is 11.9 Å². The molecule has 78 valence electrons. The third-order valence-corrected chi connectivity index (χ3v) is 3.49. The van der Waals surface area contributed by atoms with Crippen LogP contribution in [0.5, 0.6) is 0 Å². The molecule has 4 heteroatoms. The highest BCUT2D eigenvalue weighted by Gasteiger charge is 2.29. The van der Waals surface area contributed by atoms with Crippen LogP contribution in [-0.4, -0.2) is 16.6 Å². The molecule has 0 aromatic rings. The van der Waals surface area contributed by atoms with Crippen molar-refractivity contribution >= 4 is 34.5 Å². The fourth-order valence-electron chi connectivity index (χ4n) is 2.21. The molecule has 0 atom stereocenters. The molecule has 3 nitrogen and oxygen atoms in total. The second kappa shape index (κ2) is 4.88. The fourth-order valence-corrected chi connectivity index (χ4v) is 2.60. The predicted molar refractivity (Wildman–Crippen MR) is 68.1 cm³/mol. The van der Waals surface area contributed by atoms with Gasteiger partial charge in [-0.15, -0.1) is 0 Å². The average molecular weight is 314 g/mol. The van der Waals surface area contributed by atoms with E-state index in [9.17, 15) is 0 Å². The van der Waals surface area contributed by atoms with Crippen LogP contribution in [0.25, 0.3) is 0 Å². The van der Waals surface area contributed by atoms with Crippen LogP contribution >= 0.6 is 22.6 Å². The SMILES string of the molecule is N#CC/C(C1CCCC1)=[N+]1\C=C(I)C=N1. The normalized spacial score (nSPS) is 24.1. The molecule has 0 bridgehead atoms. The number of hydrazone groups is 1. The van der Waals surface area contributed by atoms with Crippen LogP contribution in [0.1, 0.15) is 32.1 Å². The van der Waals surface area contributed by atoms with Crippen molar-refractivity contribution in [3.8, 4) is 6.07 Å². The quantitative estimate of drug-likeness (QED) is 0.570. The molecule has 0 aromatic carbocycles. The van der Waals surface area contributed by atoms with Gasteiger partial charge < -0.3 is 0 Å². The first kappa shape index (κ1) is 10.8. The first-order valence-corrected chi connectivity index (χ1v) is 6.32. The largest absolute Gasteiger partial charge is 0.217 e. The summed E-state index contributed by atoms with van der Waals surface area (Å²) in [6.07, 6.45) is 9.36. The topological polar surface area (TPSA) is 39.2 Å². The summed E-state index contributed by atoms with van der Waals surface area (Å²) < 4.78 is 3.03. The lowest BCUT2D eigenvalue weighted by molar-refractivity contribution is -0.461.